The van der Waals surface area contributed by atoms with E-state index >= 15 is 0 Å². The number of carbonyl (C=O) groups is 2. The lowest BCUT2D eigenvalue weighted by Gasteiger charge is -2.42. The number of hydrogen-bond donors (Lipinski definition) is 1. The number of anilines is 1. The molecule has 0 radical (unpaired) electrons. The smallest absolute Gasteiger partial charge is 0.238 e. The summed E-state index contributed by atoms with van der Waals surface area (Å²) < 4.78 is 18.2. The third-order valence-corrected chi connectivity index (χ3v) is 7.76. The normalized spacial score (nSPS) is 16.0. The number of piperazine rings is 1. The van der Waals surface area contributed by atoms with Gasteiger partial charge in [0.15, 0.2) is 11.5 Å². The van der Waals surface area contributed by atoms with Gasteiger partial charge in [0.25, 0.3) is 0 Å². The quantitative estimate of drug-likeness (QED) is 0.282. The maximum atomic E-state index is 13.4. The average Bonchev–Trinajstić information content (AvgIpc) is 3.59. The minimum Gasteiger partial charge on any atom is -0.497 e. The highest BCUT2D eigenvalue weighted by Crippen LogP contribution is 2.31. The summed E-state index contributed by atoms with van der Waals surface area (Å²) in [6.45, 7) is 2.60. The number of nitrogens with zero attached hydrogens (tertiary/aromatic N) is 6. The van der Waals surface area contributed by atoms with Gasteiger partial charge in [-0.3, -0.25) is 14.2 Å². The second kappa shape index (κ2) is 13.2. The first-order valence-corrected chi connectivity index (χ1v) is 14.7. The maximum Gasteiger partial charge on any atom is 0.238 e. The standard InChI is InChI=1S/C31H32ClN7O5/c1-42-24-5-2-21(3-6-24)15-30(41)37-10-11-39(28-17-27(32)35-31(36-28)38-9-8-33-20-38)23(19-37)16-29(40)34-18-22-4-7-25-26(14-22)44-13-12-43-25/h2-9,14,17,20,23H,10-13,15-16,18-19H2,1H3,(H,34,40). The van der Waals surface area contributed by atoms with E-state index in [1.54, 1.807) is 41.4 Å². The van der Waals surface area contributed by atoms with Gasteiger partial charge >= 0.3 is 0 Å². The molecule has 4 aromatic rings. The highest BCUT2D eigenvalue weighted by molar-refractivity contribution is 6.29. The summed E-state index contributed by atoms with van der Waals surface area (Å²) >= 11 is 6.42. The zero-order chi connectivity index (χ0) is 30.5. The Kier molecular flexibility index (Phi) is 8.78. The van der Waals surface area contributed by atoms with E-state index in [0.717, 1.165) is 16.9 Å². The summed E-state index contributed by atoms with van der Waals surface area (Å²) in [5.74, 6) is 2.86. The third-order valence-electron chi connectivity index (χ3n) is 7.57. The molecule has 0 spiro atoms. The fraction of sp³-hybridized carbons (Fsp3) is 0.323. The summed E-state index contributed by atoms with van der Waals surface area (Å²) in [7, 11) is 1.61. The number of benzene rings is 2. The molecule has 12 nitrogen and oxygen atoms in total. The van der Waals surface area contributed by atoms with Crippen LogP contribution in [-0.2, 0) is 22.6 Å². The molecule has 0 aliphatic carbocycles. The summed E-state index contributed by atoms with van der Waals surface area (Å²) in [5, 5.41) is 3.28. The van der Waals surface area contributed by atoms with Crippen molar-refractivity contribution in [1.82, 2.24) is 29.7 Å². The van der Waals surface area contributed by atoms with Gasteiger partial charge in [-0.05, 0) is 35.4 Å². The minimum atomic E-state index is -0.356. The first-order chi connectivity index (χ1) is 21.4. The van der Waals surface area contributed by atoms with E-state index < -0.39 is 0 Å². The second-order valence-corrected chi connectivity index (χ2v) is 10.9. The van der Waals surface area contributed by atoms with Crippen molar-refractivity contribution in [3.05, 3.63) is 83.5 Å². The lowest BCUT2D eigenvalue weighted by molar-refractivity contribution is -0.132. The third kappa shape index (κ3) is 6.86. The number of fused-ring (bicyclic) bond motifs is 1. The van der Waals surface area contributed by atoms with Gasteiger partial charge in [-0.25, -0.2) is 9.97 Å². The van der Waals surface area contributed by atoms with Crippen molar-refractivity contribution >= 4 is 29.2 Å². The number of methoxy groups -OCH3 is 1. The van der Waals surface area contributed by atoms with E-state index in [0.29, 0.717) is 62.7 Å². The number of amides is 2. The van der Waals surface area contributed by atoms with Crippen LogP contribution in [0.15, 0.2) is 67.3 Å². The first-order valence-electron chi connectivity index (χ1n) is 14.3. The molecular weight excluding hydrogens is 586 g/mol. The lowest BCUT2D eigenvalue weighted by atomic mass is 10.1. The Bertz CT molecular complexity index is 1620. The van der Waals surface area contributed by atoms with Crippen LogP contribution in [0.1, 0.15) is 17.5 Å². The van der Waals surface area contributed by atoms with Gasteiger partial charge in [-0.2, -0.15) is 4.98 Å². The predicted octanol–water partition coefficient (Wildman–Crippen LogP) is 3.06. The van der Waals surface area contributed by atoms with Crippen molar-refractivity contribution in [2.75, 3.05) is 44.9 Å². The van der Waals surface area contributed by atoms with Crippen LogP contribution in [0.4, 0.5) is 5.82 Å². The Morgan fingerprint density at radius 2 is 1.82 bits per heavy atom. The molecule has 1 atom stereocenters. The van der Waals surface area contributed by atoms with Crippen LogP contribution in [0, 0.1) is 0 Å². The van der Waals surface area contributed by atoms with Crippen molar-refractivity contribution in [3.63, 3.8) is 0 Å². The number of ether oxygens (including phenoxy) is 3. The molecule has 228 valence electrons. The van der Waals surface area contributed by atoms with Gasteiger partial charge < -0.3 is 29.3 Å². The maximum absolute atomic E-state index is 13.4. The number of aromatic nitrogens is 4. The van der Waals surface area contributed by atoms with E-state index in [2.05, 4.69) is 15.3 Å². The van der Waals surface area contributed by atoms with Crippen LogP contribution in [-0.4, -0.2) is 82.2 Å². The SMILES string of the molecule is COc1ccc(CC(=O)N2CCN(c3cc(Cl)nc(-n4ccnc4)n3)C(CC(=O)NCc3ccc4c(c3)OCCO4)C2)cc1. The van der Waals surface area contributed by atoms with Gasteiger partial charge in [-0.15, -0.1) is 0 Å². The highest BCUT2D eigenvalue weighted by atomic mass is 35.5. The van der Waals surface area contributed by atoms with Crippen molar-refractivity contribution in [3.8, 4) is 23.2 Å². The molecule has 13 heteroatoms. The Balaban J connectivity index is 1.18. The largest absolute Gasteiger partial charge is 0.497 e. The second-order valence-electron chi connectivity index (χ2n) is 10.5. The van der Waals surface area contributed by atoms with Crippen LogP contribution < -0.4 is 24.4 Å². The Labute approximate surface area is 259 Å². The number of halogens is 1. The zero-order valence-electron chi connectivity index (χ0n) is 24.2. The molecule has 6 rings (SSSR count). The molecule has 1 N–H and O–H groups in total. The zero-order valence-corrected chi connectivity index (χ0v) is 24.9. The number of carbonyl (C=O) groups excluding carboxylic acids is 2. The van der Waals surface area contributed by atoms with Crippen molar-refractivity contribution < 1.29 is 23.8 Å². The van der Waals surface area contributed by atoms with Crippen molar-refractivity contribution in [1.29, 1.82) is 0 Å². The molecular formula is C31H32ClN7O5. The molecule has 0 bridgehead atoms. The van der Waals surface area contributed by atoms with E-state index in [1.807, 2.05) is 47.4 Å². The van der Waals surface area contributed by atoms with Crippen LogP contribution in [0.25, 0.3) is 5.95 Å². The van der Waals surface area contributed by atoms with Crippen molar-refractivity contribution in [2.24, 2.45) is 0 Å². The summed E-state index contributed by atoms with van der Waals surface area (Å²) in [6, 6.07) is 14.4. The van der Waals surface area contributed by atoms with Crippen LogP contribution in [0.5, 0.6) is 17.2 Å². The molecule has 44 heavy (non-hydrogen) atoms. The molecule has 1 fully saturated rings. The fourth-order valence-corrected chi connectivity index (χ4v) is 5.48. The molecule has 2 aliphatic heterocycles. The highest BCUT2D eigenvalue weighted by Gasteiger charge is 2.32. The number of rotatable bonds is 9. The monoisotopic (exact) mass is 617 g/mol. The van der Waals surface area contributed by atoms with Crippen LogP contribution >= 0.6 is 11.6 Å². The lowest BCUT2D eigenvalue weighted by Crippen LogP contribution is -2.56. The fourth-order valence-electron chi connectivity index (χ4n) is 5.31. The van der Waals surface area contributed by atoms with E-state index in [1.165, 1.54) is 0 Å². The molecule has 2 aliphatic rings. The molecule has 2 amide bonds. The van der Waals surface area contributed by atoms with E-state index in [-0.39, 0.29) is 35.9 Å². The summed E-state index contributed by atoms with van der Waals surface area (Å²) in [6.07, 6.45) is 5.34. The van der Waals surface area contributed by atoms with Crippen LogP contribution in [0.3, 0.4) is 0 Å². The number of nitrogens with one attached hydrogen (secondary N) is 1. The molecule has 1 saturated heterocycles. The first kappa shape index (κ1) is 29.2. The summed E-state index contributed by atoms with van der Waals surface area (Å²) in [5.41, 5.74) is 1.78. The molecule has 1 unspecified atom stereocenters. The molecule has 2 aromatic heterocycles. The Morgan fingerprint density at radius 3 is 2.59 bits per heavy atom. The Morgan fingerprint density at radius 1 is 1.02 bits per heavy atom. The molecule has 2 aromatic carbocycles. The predicted molar refractivity (Wildman–Crippen MR) is 162 cm³/mol. The van der Waals surface area contributed by atoms with Gasteiger partial charge in [0.2, 0.25) is 17.8 Å². The number of hydrogen-bond acceptors (Lipinski definition) is 9. The van der Waals surface area contributed by atoms with Crippen molar-refractivity contribution in [2.45, 2.75) is 25.4 Å². The van der Waals surface area contributed by atoms with Gasteiger partial charge in [0.1, 0.15) is 36.3 Å². The molecule has 4 heterocycles. The number of imidazole rings is 1. The minimum absolute atomic E-state index is 0.0173. The van der Waals surface area contributed by atoms with Crippen LogP contribution in [0.2, 0.25) is 5.15 Å². The molecule has 0 saturated carbocycles. The van der Waals surface area contributed by atoms with Gasteiger partial charge in [0, 0.05) is 51.1 Å². The Hall–Kier alpha value is -4.84. The van der Waals surface area contributed by atoms with E-state index in [4.69, 9.17) is 30.8 Å². The average molecular weight is 618 g/mol. The summed E-state index contributed by atoms with van der Waals surface area (Å²) in [4.78, 5) is 43.7. The topological polar surface area (TPSA) is 124 Å². The van der Waals surface area contributed by atoms with E-state index in [9.17, 15) is 9.59 Å². The van der Waals surface area contributed by atoms with Gasteiger partial charge in [-0.1, -0.05) is 29.8 Å². The van der Waals surface area contributed by atoms with Gasteiger partial charge in [0.05, 0.1) is 19.6 Å².